The van der Waals surface area contributed by atoms with Gasteiger partial charge in [-0.2, -0.15) is 0 Å². The minimum absolute atomic E-state index is 0.000442. The van der Waals surface area contributed by atoms with Gasteiger partial charge in [-0.3, -0.25) is 0 Å². The highest BCUT2D eigenvalue weighted by Crippen LogP contribution is 2.41. The number of aromatic nitrogens is 2. The number of benzene rings is 8. The van der Waals surface area contributed by atoms with Crippen LogP contribution in [0.1, 0.15) is 27.4 Å². The lowest BCUT2D eigenvalue weighted by Gasteiger charge is -2.10. The maximum absolute atomic E-state index is 9.87. The van der Waals surface area contributed by atoms with Crippen LogP contribution in [0.15, 0.2) is 186 Å². The fraction of sp³-hybridized carbons (Fsp3) is 0. The molecule has 0 saturated heterocycles. The van der Waals surface area contributed by atoms with Gasteiger partial charge in [-0.05, 0) is 94.9 Å². The monoisotopic (exact) mass is 670 g/mol. The van der Waals surface area contributed by atoms with Crippen LogP contribution in [0.25, 0.3) is 99.2 Å². The van der Waals surface area contributed by atoms with Crippen molar-refractivity contribution in [2.75, 3.05) is 0 Å². The van der Waals surface area contributed by atoms with Crippen molar-refractivity contribution in [1.29, 1.82) is 0 Å². The van der Waals surface area contributed by atoms with Crippen LogP contribution in [0.3, 0.4) is 0 Å². The van der Waals surface area contributed by atoms with Gasteiger partial charge in [-0.1, -0.05) is 109 Å². The summed E-state index contributed by atoms with van der Waals surface area (Å²) in [5.74, 6) is 0. The van der Waals surface area contributed by atoms with Gasteiger partial charge in [-0.25, -0.2) is 0 Å². The van der Waals surface area contributed by atoms with E-state index in [1.54, 1.807) is 30.3 Å². The Kier molecular flexibility index (Phi) is 3.18. The van der Waals surface area contributed by atoms with Crippen LogP contribution in [0.5, 0.6) is 0 Å². The molecular weight excluding hydrogens is 621 g/mol. The maximum Gasteiger partial charge on any atom is 0.136 e. The van der Waals surface area contributed by atoms with E-state index in [1.807, 2.05) is 0 Å². The summed E-state index contributed by atoms with van der Waals surface area (Å²) in [5.41, 5.74) is -1.39. The second kappa shape index (κ2) is 10.8. The molecule has 0 bridgehead atoms. The van der Waals surface area contributed by atoms with Gasteiger partial charge in [-0.15, -0.1) is 0 Å². The highest BCUT2D eigenvalue weighted by molar-refractivity contribution is 6.15. The molecule has 11 rings (SSSR count). The second-order valence-electron chi connectivity index (χ2n) is 11.8. The Morgan fingerprint density at radius 1 is 0.412 bits per heavy atom. The van der Waals surface area contributed by atoms with Gasteiger partial charge in [0.1, 0.15) is 11.2 Å². The molecule has 3 heteroatoms. The molecule has 3 aromatic heterocycles. The molecule has 238 valence electrons. The van der Waals surface area contributed by atoms with Crippen LogP contribution in [0.4, 0.5) is 0 Å². The molecule has 0 aliphatic heterocycles. The van der Waals surface area contributed by atoms with Crippen LogP contribution in [0.2, 0.25) is 0 Å². The van der Waals surface area contributed by atoms with Crippen molar-refractivity contribution >= 4 is 65.6 Å². The van der Waals surface area contributed by atoms with Gasteiger partial charge < -0.3 is 13.6 Å². The third-order valence-electron chi connectivity index (χ3n) is 8.99. The molecule has 0 aliphatic rings. The Balaban J connectivity index is 1.27. The lowest BCUT2D eigenvalue weighted by atomic mass is 9.99. The molecular formula is C48H30N2O. The van der Waals surface area contributed by atoms with Gasteiger partial charge >= 0.3 is 0 Å². The maximum atomic E-state index is 9.87. The van der Waals surface area contributed by atoms with Crippen molar-refractivity contribution in [2.24, 2.45) is 0 Å². The van der Waals surface area contributed by atoms with E-state index in [0.717, 1.165) is 6.07 Å². The van der Waals surface area contributed by atoms with E-state index in [0.29, 0.717) is 5.69 Å². The van der Waals surface area contributed by atoms with E-state index in [1.165, 1.54) is 33.4 Å². The Morgan fingerprint density at radius 3 is 2.10 bits per heavy atom. The van der Waals surface area contributed by atoms with Crippen LogP contribution in [-0.2, 0) is 0 Å². The first-order valence-corrected chi connectivity index (χ1v) is 15.8. The molecule has 0 saturated carbocycles. The largest absolute Gasteiger partial charge is 0.456 e. The number of furan rings is 1. The topological polar surface area (TPSA) is 23.0 Å². The second-order valence-corrected chi connectivity index (χ2v) is 11.8. The molecule has 51 heavy (non-hydrogen) atoms. The summed E-state index contributed by atoms with van der Waals surface area (Å²) in [7, 11) is 0. The Bertz CT molecular complexity index is 4290. The van der Waals surface area contributed by atoms with E-state index in [9.17, 15) is 9.60 Å². The first-order chi connectivity index (χ1) is 33.6. The van der Waals surface area contributed by atoms with Crippen molar-refractivity contribution < 1.29 is 31.8 Å². The zero-order valence-corrected chi connectivity index (χ0v) is 26.1. The van der Waals surface area contributed by atoms with E-state index >= 15 is 0 Å². The average Bonchev–Trinajstić information content (AvgIpc) is 4.02. The predicted octanol–water partition coefficient (Wildman–Crippen LogP) is 13.1. The molecule has 3 heterocycles. The molecule has 0 atom stereocenters. The quantitative estimate of drug-likeness (QED) is 0.183. The number of rotatable bonds is 4. The molecule has 3 nitrogen and oxygen atoms in total. The number of nitrogens with zero attached hydrogens (tertiary/aromatic N) is 2. The summed E-state index contributed by atoms with van der Waals surface area (Å²) in [4.78, 5) is 0. The molecule has 0 spiro atoms. The summed E-state index contributed by atoms with van der Waals surface area (Å²) < 4.78 is 188. The summed E-state index contributed by atoms with van der Waals surface area (Å²) in [6.45, 7) is 0. The molecule has 8 aromatic carbocycles. The number of para-hydroxylation sites is 3. The van der Waals surface area contributed by atoms with Crippen molar-refractivity contribution in [2.45, 2.75) is 0 Å². The van der Waals surface area contributed by atoms with E-state index in [2.05, 4.69) is 0 Å². The van der Waals surface area contributed by atoms with Gasteiger partial charge in [0.15, 0.2) is 0 Å². The average molecular weight is 671 g/mol. The number of hydrogen-bond donors (Lipinski definition) is 0. The van der Waals surface area contributed by atoms with E-state index < -0.39 is 109 Å². The highest BCUT2D eigenvalue weighted by atomic mass is 16.3. The fourth-order valence-corrected chi connectivity index (χ4v) is 6.81. The zero-order valence-electron chi connectivity index (χ0n) is 46.1. The molecule has 0 amide bonds. The number of hydrogen-bond acceptors (Lipinski definition) is 1. The summed E-state index contributed by atoms with van der Waals surface area (Å²) in [5, 5.41) is -0.574. The lowest BCUT2D eigenvalue weighted by Crippen LogP contribution is -1.93. The normalized spacial score (nSPS) is 17.4. The summed E-state index contributed by atoms with van der Waals surface area (Å²) >= 11 is 0. The Labute approximate surface area is 321 Å². The molecule has 0 unspecified atom stereocenters. The SMILES string of the molecule is [2H]c1cc([2H])c(-c2c([2H])c([2H])c([2H])c3oc4c([2H])cc(-n5c6cc([2H])c([2H])c([2H])c6c6c([2H])c(-c7cc([2H])c8c(c7[2H])c7c([2H])c([2H])c([2H])c([2H])c7n8-c7ccccc7)c([2H])c([2H])c65)cc4c23)c([2H])c1[2H]. The van der Waals surface area contributed by atoms with Crippen LogP contribution < -0.4 is 0 Å². The summed E-state index contributed by atoms with van der Waals surface area (Å²) in [6.07, 6.45) is 0. The van der Waals surface area contributed by atoms with Gasteiger partial charge in [0.05, 0.1) is 49.5 Å². The predicted molar refractivity (Wildman–Crippen MR) is 213 cm³/mol. The van der Waals surface area contributed by atoms with Crippen molar-refractivity contribution in [3.05, 3.63) is 182 Å². The molecule has 0 fully saturated rings. The fourth-order valence-electron chi connectivity index (χ4n) is 6.81. The minimum atomic E-state index is -0.643. The zero-order chi connectivity index (χ0) is 50.9. The van der Waals surface area contributed by atoms with Crippen molar-refractivity contribution in [3.63, 3.8) is 0 Å². The van der Waals surface area contributed by atoms with Gasteiger partial charge in [0.25, 0.3) is 0 Å². The molecule has 0 radical (unpaired) electrons. The highest BCUT2D eigenvalue weighted by Gasteiger charge is 2.18. The third-order valence-corrected chi connectivity index (χ3v) is 8.99. The summed E-state index contributed by atoms with van der Waals surface area (Å²) in [6, 6.07) is 4.30. The standard InChI is InChI=1S/C48H30N2O/c1-3-12-31(13-4-1)36-18-11-21-47-48(36)41-30-35(24-27-46(41)51-47)50-43-20-10-8-17-38(43)40-29-33(23-26-45(40)50)32-22-25-44-39(28-32)37-16-7-9-19-42(37)49(44)34-14-5-2-6-15-34/h1-30H/i1D,3D,7D,8D,9D,10D,11D,12D,13D,16D,17D,18D,19D,21D,23D,25D,26D,27D,28D,29D. The molecule has 11 aromatic rings. The van der Waals surface area contributed by atoms with E-state index in [-0.39, 0.29) is 106 Å². The van der Waals surface area contributed by atoms with Crippen LogP contribution >= 0.6 is 0 Å². The lowest BCUT2D eigenvalue weighted by molar-refractivity contribution is 0.669. The molecule has 0 N–H and O–H groups in total. The van der Waals surface area contributed by atoms with Crippen molar-refractivity contribution in [1.82, 2.24) is 9.13 Å². The minimum Gasteiger partial charge on any atom is -0.456 e. The Morgan fingerprint density at radius 2 is 1.18 bits per heavy atom. The molecule has 0 aliphatic carbocycles. The van der Waals surface area contributed by atoms with Crippen molar-refractivity contribution in [3.8, 4) is 33.6 Å². The van der Waals surface area contributed by atoms with Gasteiger partial charge in [0.2, 0.25) is 0 Å². The smallest absolute Gasteiger partial charge is 0.136 e. The Hall–Kier alpha value is -6.84. The van der Waals surface area contributed by atoms with E-state index in [4.69, 9.17) is 22.2 Å². The number of fused-ring (bicyclic) bond motifs is 9. The first kappa shape index (κ1) is 15.0. The van der Waals surface area contributed by atoms with Crippen LogP contribution in [0, 0.1) is 0 Å². The van der Waals surface area contributed by atoms with Crippen LogP contribution in [-0.4, -0.2) is 9.13 Å². The van der Waals surface area contributed by atoms with Gasteiger partial charge in [0, 0.05) is 43.7 Å². The third kappa shape index (κ3) is 4.19. The first-order valence-electron chi connectivity index (χ1n) is 25.8.